The highest BCUT2D eigenvalue weighted by Crippen LogP contribution is 2.21. The number of hydrogen-bond donors (Lipinski definition) is 1. The minimum atomic E-state index is -3.63. The molecule has 2 rings (SSSR count). The second-order valence-electron chi connectivity index (χ2n) is 4.84. The van der Waals surface area contributed by atoms with Gasteiger partial charge in [0.1, 0.15) is 23.9 Å². The number of nitrogens with one attached hydrogen (secondary N) is 1. The molecule has 0 heterocycles. The highest BCUT2D eigenvalue weighted by Gasteiger charge is 2.14. The first-order valence-corrected chi connectivity index (χ1v) is 8.43. The Morgan fingerprint density at radius 3 is 2.61 bits per heavy atom. The van der Waals surface area contributed by atoms with Crippen LogP contribution in [0.2, 0.25) is 0 Å². The van der Waals surface area contributed by atoms with Gasteiger partial charge in [-0.1, -0.05) is 6.07 Å². The van der Waals surface area contributed by atoms with E-state index in [0.717, 1.165) is 5.56 Å². The third-order valence-electron chi connectivity index (χ3n) is 3.14. The minimum Gasteiger partial charge on any atom is -0.496 e. The van der Waals surface area contributed by atoms with Crippen LogP contribution in [0.15, 0.2) is 47.4 Å². The molecule has 5 nitrogen and oxygen atoms in total. The molecule has 2 aromatic carbocycles. The molecule has 0 amide bonds. The van der Waals surface area contributed by atoms with Crippen molar-refractivity contribution in [3.8, 4) is 11.5 Å². The lowest BCUT2D eigenvalue weighted by Crippen LogP contribution is -2.28. The van der Waals surface area contributed by atoms with Crippen molar-refractivity contribution in [2.24, 2.45) is 0 Å². The summed E-state index contributed by atoms with van der Waals surface area (Å²) in [6.45, 7) is 1.94. The maximum Gasteiger partial charge on any atom is 0.240 e. The van der Waals surface area contributed by atoms with Gasteiger partial charge in [0.15, 0.2) is 0 Å². The van der Waals surface area contributed by atoms with Gasteiger partial charge in [0.2, 0.25) is 10.0 Å². The van der Waals surface area contributed by atoms with Gasteiger partial charge < -0.3 is 9.47 Å². The zero-order chi connectivity index (χ0) is 16.9. The normalized spacial score (nSPS) is 11.3. The van der Waals surface area contributed by atoms with E-state index in [1.807, 2.05) is 0 Å². The largest absolute Gasteiger partial charge is 0.496 e. The van der Waals surface area contributed by atoms with Crippen LogP contribution in [0.3, 0.4) is 0 Å². The molecule has 7 heteroatoms. The molecule has 124 valence electrons. The van der Waals surface area contributed by atoms with Crippen LogP contribution in [0, 0.1) is 12.7 Å². The van der Waals surface area contributed by atoms with E-state index in [1.54, 1.807) is 19.1 Å². The van der Waals surface area contributed by atoms with Crippen LogP contribution in [0.4, 0.5) is 4.39 Å². The van der Waals surface area contributed by atoms with Crippen LogP contribution in [-0.2, 0) is 10.0 Å². The molecule has 0 saturated heterocycles. The molecule has 0 fully saturated rings. The topological polar surface area (TPSA) is 64.6 Å². The van der Waals surface area contributed by atoms with Gasteiger partial charge in [0, 0.05) is 12.6 Å². The van der Waals surface area contributed by atoms with Gasteiger partial charge in [-0.3, -0.25) is 0 Å². The summed E-state index contributed by atoms with van der Waals surface area (Å²) in [6, 6.07) is 10.3. The fourth-order valence-electron chi connectivity index (χ4n) is 2.00. The number of benzene rings is 2. The third kappa shape index (κ3) is 4.67. The number of rotatable bonds is 7. The van der Waals surface area contributed by atoms with Crippen molar-refractivity contribution in [2.45, 2.75) is 11.8 Å². The first-order chi connectivity index (χ1) is 10.9. The molecule has 0 unspecified atom stereocenters. The smallest absolute Gasteiger partial charge is 0.240 e. The second-order valence-corrected chi connectivity index (χ2v) is 6.60. The third-order valence-corrected chi connectivity index (χ3v) is 4.59. The average molecular weight is 339 g/mol. The van der Waals surface area contributed by atoms with Crippen LogP contribution in [-0.4, -0.2) is 28.7 Å². The van der Waals surface area contributed by atoms with E-state index in [2.05, 4.69) is 4.72 Å². The van der Waals surface area contributed by atoms with Crippen molar-refractivity contribution < 1.29 is 22.3 Å². The van der Waals surface area contributed by atoms with E-state index in [1.165, 1.54) is 37.4 Å². The standard InChI is InChI=1S/C16H18FNO4S/c1-12-10-15(6-7-16(12)21-2)23(19,20)18-8-9-22-14-5-3-4-13(17)11-14/h3-7,10-11,18H,8-9H2,1-2H3. The predicted octanol–water partition coefficient (Wildman–Crippen LogP) is 2.50. The summed E-state index contributed by atoms with van der Waals surface area (Å²) in [7, 11) is -2.10. The zero-order valence-electron chi connectivity index (χ0n) is 12.9. The van der Waals surface area contributed by atoms with Gasteiger partial charge in [0.25, 0.3) is 0 Å². The Hall–Kier alpha value is -2.12. The van der Waals surface area contributed by atoms with Crippen LogP contribution in [0.5, 0.6) is 11.5 Å². The second kappa shape index (κ2) is 7.43. The Morgan fingerprint density at radius 2 is 1.96 bits per heavy atom. The first-order valence-electron chi connectivity index (χ1n) is 6.95. The molecule has 0 radical (unpaired) electrons. The number of hydrogen-bond acceptors (Lipinski definition) is 4. The van der Waals surface area contributed by atoms with Gasteiger partial charge in [-0.2, -0.15) is 0 Å². The molecule has 23 heavy (non-hydrogen) atoms. The molecule has 0 saturated carbocycles. The lowest BCUT2D eigenvalue weighted by atomic mass is 10.2. The lowest BCUT2D eigenvalue weighted by Gasteiger charge is -2.10. The Kier molecular flexibility index (Phi) is 5.57. The van der Waals surface area contributed by atoms with Gasteiger partial charge >= 0.3 is 0 Å². The highest BCUT2D eigenvalue weighted by molar-refractivity contribution is 7.89. The molecular formula is C16H18FNO4S. The summed E-state index contributed by atoms with van der Waals surface area (Å²) in [5.74, 6) is 0.569. The molecule has 0 bridgehead atoms. The van der Waals surface area contributed by atoms with E-state index in [9.17, 15) is 12.8 Å². The highest BCUT2D eigenvalue weighted by atomic mass is 32.2. The zero-order valence-corrected chi connectivity index (χ0v) is 13.7. The van der Waals surface area contributed by atoms with Gasteiger partial charge in [0.05, 0.1) is 12.0 Å². The summed E-state index contributed by atoms with van der Waals surface area (Å²) in [5, 5.41) is 0. The molecule has 1 N–H and O–H groups in total. The van der Waals surface area contributed by atoms with Gasteiger partial charge in [-0.15, -0.1) is 0 Å². The van der Waals surface area contributed by atoms with Crippen molar-refractivity contribution in [3.05, 3.63) is 53.8 Å². The Labute approximate surface area is 135 Å². The van der Waals surface area contributed by atoms with Gasteiger partial charge in [-0.05, 0) is 42.8 Å². The minimum absolute atomic E-state index is 0.0733. The van der Waals surface area contributed by atoms with Crippen LogP contribution < -0.4 is 14.2 Å². The van der Waals surface area contributed by atoms with Crippen LogP contribution in [0.25, 0.3) is 0 Å². The van der Waals surface area contributed by atoms with Crippen LogP contribution in [0.1, 0.15) is 5.56 Å². The summed E-state index contributed by atoms with van der Waals surface area (Å²) in [6.07, 6.45) is 0. The quantitative estimate of drug-likeness (QED) is 0.787. The van der Waals surface area contributed by atoms with E-state index < -0.39 is 15.8 Å². The van der Waals surface area contributed by atoms with Crippen molar-refractivity contribution in [3.63, 3.8) is 0 Å². The number of sulfonamides is 1. The SMILES string of the molecule is COc1ccc(S(=O)(=O)NCCOc2cccc(F)c2)cc1C. The average Bonchev–Trinajstić information content (AvgIpc) is 2.51. The van der Waals surface area contributed by atoms with Gasteiger partial charge in [-0.25, -0.2) is 17.5 Å². The Bertz CT molecular complexity index is 777. The first kappa shape index (κ1) is 17.2. The molecule has 0 aliphatic rings. The van der Waals surface area contributed by atoms with E-state index in [0.29, 0.717) is 11.5 Å². The molecule has 0 spiro atoms. The van der Waals surface area contributed by atoms with E-state index in [4.69, 9.17) is 9.47 Å². The fourth-order valence-corrected chi connectivity index (χ4v) is 3.10. The Balaban J connectivity index is 1.92. The molecule has 2 aromatic rings. The molecule has 0 aliphatic heterocycles. The van der Waals surface area contributed by atoms with E-state index >= 15 is 0 Å². The molecule has 0 aromatic heterocycles. The summed E-state index contributed by atoms with van der Waals surface area (Å²) in [5.41, 5.74) is 0.728. The maximum atomic E-state index is 13.0. The lowest BCUT2D eigenvalue weighted by molar-refractivity contribution is 0.321. The Morgan fingerprint density at radius 1 is 1.17 bits per heavy atom. The number of methoxy groups -OCH3 is 1. The summed E-state index contributed by atoms with van der Waals surface area (Å²) < 4.78 is 50.2. The van der Waals surface area contributed by atoms with Crippen molar-refractivity contribution in [2.75, 3.05) is 20.3 Å². The number of ether oxygens (including phenoxy) is 2. The molecular weight excluding hydrogens is 321 g/mol. The molecule has 0 atom stereocenters. The van der Waals surface area contributed by atoms with Crippen molar-refractivity contribution in [1.82, 2.24) is 4.72 Å². The number of aryl methyl sites for hydroxylation is 1. The monoisotopic (exact) mass is 339 g/mol. The molecule has 0 aliphatic carbocycles. The van der Waals surface area contributed by atoms with Crippen LogP contribution >= 0.6 is 0 Å². The van der Waals surface area contributed by atoms with Crippen molar-refractivity contribution in [1.29, 1.82) is 0 Å². The fraction of sp³-hybridized carbons (Fsp3) is 0.250. The summed E-state index contributed by atoms with van der Waals surface area (Å²) in [4.78, 5) is 0.154. The van der Waals surface area contributed by atoms with Crippen molar-refractivity contribution >= 4 is 10.0 Å². The summed E-state index contributed by atoms with van der Waals surface area (Å²) >= 11 is 0. The number of halogens is 1. The maximum absolute atomic E-state index is 13.0. The predicted molar refractivity (Wildman–Crippen MR) is 84.8 cm³/mol. The van der Waals surface area contributed by atoms with E-state index in [-0.39, 0.29) is 18.0 Å².